The lowest BCUT2D eigenvalue weighted by Crippen LogP contribution is -2.27. The molecule has 5 nitrogen and oxygen atoms in total. The molecule has 2 heterocycles. The fourth-order valence-corrected chi connectivity index (χ4v) is 3.09. The molecule has 0 saturated carbocycles. The SMILES string of the molecule is CCc1ncc(CNc2cccc(N3CCNC3=O)c2)s1. The van der Waals surface area contributed by atoms with Gasteiger partial charge in [0.05, 0.1) is 11.6 Å². The molecule has 2 amide bonds. The van der Waals surface area contributed by atoms with Crippen molar-refractivity contribution in [3.63, 3.8) is 0 Å². The van der Waals surface area contributed by atoms with Gasteiger partial charge in [-0.2, -0.15) is 0 Å². The Morgan fingerprint density at radius 2 is 2.38 bits per heavy atom. The molecule has 1 aliphatic heterocycles. The largest absolute Gasteiger partial charge is 0.380 e. The van der Waals surface area contributed by atoms with Crippen molar-refractivity contribution in [2.75, 3.05) is 23.3 Å². The van der Waals surface area contributed by atoms with Crippen LogP contribution in [-0.4, -0.2) is 24.1 Å². The van der Waals surface area contributed by atoms with Gasteiger partial charge >= 0.3 is 6.03 Å². The van der Waals surface area contributed by atoms with Crippen molar-refractivity contribution in [1.29, 1.82) is 0 Å². The van der Waals surface area contributed by atoms with E-state index >= 15 is 0 Å². The molecule has 0 bridgehead atoms. The maximum atomic E-state index is 11.7. The molecule has 21 heavy (non-hydrogen) atoms. The quantitative estimate of drug-likeness (QED) is 0.893. The van der Waals surface area contributed by atoms with E-state index in [4.69, 9.17) is 0 Å². The fourth-order valence-electron chi connectivity index (χ4n) is 2.28. The van der Waals surface area contributed by atoms with Crippen LogP contribution in [0.2, 0.25) is 0 Å². The summed E-state index contributed by atoms with van der Waals surface area (Å²) in [6.45, 7) is 4.29. The van der Waals surface area contributed by atoms with Crippen LogP contribution < -0.4 is 15.5 Å². The van der Waals surface area contributed by atoms with E-state index in [1.165, 1.54) is 4.88 Å². The number of hydrogen-bond acceptors (Lipinski definition) is 4. The van der Waals surface area contributed by atoms with E-state index in [1.54, 1.807) is 16.2 Å². The molecular formula is C15H18N4OS. The van der Waals surface area contributed by atoms with Gasteiger partial charge in [-0.3, -0.25) is 4.90 Å². The first-order valence-corrected chi connectivity index (χ1v) is 7.91. The number of aryl methyl sites for hydroxylation is 1. The number of anilines is 2. The van der Waals surface area contributed by atoms with Crippen molar-refractivity contribution < 1.29 is 4.79 Å². The van der Waals surface area contributed by atoms with Crippen molar-refractivity contribution in [2.24, 2.45) is 0 Å². The summed E-state index contributed by atoms with van der Waals surface area (Å²) in [6, 6.07) is 7.92. The first-order chi connectivity index (χ1) is 10.3. The second-order valence-electron chi connectivity index (χ2n) is 4.86. The number of nitrogens with one attached hydrogen (secondary N) is 2. The van der Waals surface area contributed by atoms with Crippen LogP contribution >= 0.6 is 11.3 Å². The Bertz CT molecular complexity index is 640. The average molecular weight is 302 g/mol. The van der Waals surface area contributed by atoms with E-state index in [1.807, 2.05) is 30.5 Å². The summed E-state index contributed by atoms with van der Waals surface area (Å²) >= 11 is 1.73. The summed E-state index contributed by atoms with van der Waals surface area (Å²) in [7, 11) is 0. The van der Waals surface area contributed by atoms with Gasteiger partial charge in [0.25, 0.3) is 0 Å². The van der Waals surface area contributed by atoms with Gasteiger partial charge in [-0.25, -0.2) is 9.78 Å². The molecule has 1 aromatic carbocycles. The molecule has 2 aromatic rings. The van der Waals surface area contributed by atoms with Gasteiger partial charge in [0, 0.05) is 35.5 Å². The Morgan fingerprint density at radius 1 is 1.48 bits per heavy atom. The number of urea groups is 1. The van der Waals surface area contributed by atoms with Gasteiger partial charge in [-0.1, -0.05) is 13.0 Å². The van der Waals surface area contributed by atoms with Gasteiger partial charge in [0.15, 0.2) is 0 Å². The lowest BCUT2D eigenvalue weighted by molar-refractivity contribution is 0.252. The third-order valence-corrected chi connectivity index (χ3v) is 4.53. The predicted molar refractivity (Wildman–Crippen MR) is 86.0 cm³/mol. The molecular weight excluding hydrogens is 284 g/mol. The summed E-state index contributed by atoms with van der Waals surface area (Å²) < 4.78 is 0. The third-order valence-electron chi connectivity index (χ3n) is 3.39. The van der Waals surface area contributed by atoms with E-state index in [0.717, 1.165) is 35.9 Å². The molecule has 1 aliphatic rings. The standard InChI is InChI=1S/C15H18N4OS/c1-2-14-18-10-13(21-14)9-17-11-4-3-5-12(8-11)19-7-6-16-15(19)20/h3-5,8,10,17H,2,6-7,9H2,1H3,(H,16,20). The minimum absolute atomic E-state index is 0.0257. The maximum Gasteiger partial charge on any atom is 0.321 e. The van der Waals surface area contributed by atoms with Gasteiger partial charge < -0.3 is 10.6 Å². The lowest BCUT2D eigenvalue weighted by Gasteiger charge is -2.15. The minimum Gasteiger partial charge on any atom is -0.380 e. The number of thiazole rings is 1. The molecule has 6 heteroatoms. The number of nitrogens with zero attached hydrogens (tertiary/aromatic N) is 2. The van der Waals surface area contributed by atoms with Crippen LogP contribution in [0.4, 0.5) is 16.2 Å². The molecule has 2 N–H and O–H groups in total. The molecule has 3 rings (SSSR count). The monoisotopic (exact) mass is 302 g/mol. The summed E-state index contributed by atoms with van der Waals surface area (Å²) in [5, 5.41) is 7.37. The Balaban J connectivity index is 1.67. The summed E-state index contributed by atoms with van der Waals surface area (Å²) in [5.74, 6) is 0. The molecule has 1 fully saturated rings. The van der Waals surface area contributed by atoms with Crippen LogP contribution in [0.1, 0.15) is 16.8 Å². The molecule has 0 atom stereocenters. The highest BCUT2D eigenvalue weighted by Crippen LogP contribution is 2.22. The summed E-state index contributed by atoms with van der Waals surface area (Å²) in [6.07, 6.45) is 2.90. The molecule has 0 spiro atoms. The van der Waals surface area contributed by atoms with Crippen molar-refractivity contribution in [2.45, 2.75) is 19.9 Å². The number of hydrogen-bond donors (Lipinski definition) is 2. The van der Waals surface area contributed by atoms with Gasteiger partial charge in [0.2, 0.25) is 0 Å². The number of amides is 2. The molecule has 0 unspecified atom stereocenters. The molecule has 1 aromatic heterocycles. The molecule has 1 saturated heterocycles. The smallest absolute Gasteiger partial charge is 0.321 e. The highest BCUT2D eigenvalue weighted by Gasteiger charge is 2.20. The number of aromatic nitrogens is 1. The zero-order valence-corrected chi connectivity index (χ0v) is 12.7. The van der Waals surface area contributed by atoms with E-state index in [2.05, 4.69) is 22.5 Å². The third kappa shape index (κ3) is 3.16. The predicted octanol–water partition coefficient (Wildman–Crippen LogP) is 2.85. The zero-order valence-electron chi connectivity index (χ0n) is 11.9. The first-order valence-electron chi connectivity index (χ1n) is 7.09. The van der Waals surface area contributed by atoms with Crippen molar-refractivity contribution in [1.82, 2.24) is 10.3 Å². The number of carbonyl (C=O) groups is 1. The van der Waals surface area contributed by atoms with E-state index in [-0.39, 0.29) is 6.03 Å². The van der Waals surface area contributed by atoms with Crippen molar-refractivity contribution in [3.05, 3.63) is 40.3 Å². The highest BCUT2D eigenvalue weighted by atomic mass is 32.1. The van der Waals surface area contributed by atoms with Crippen LogP contribution in [0.15, 0.2) is 30.5 Å². The highest BCUT2D eigenvalue weighted by molar-refractivity contribution is 7.11. The average Bonchev–Trinajstić information content (AvgIpc) is 3.14. The van der Waals surface area contributed by atoms with Crippen molar-refractivity contribution >= 4 is 28.7 Å². The second-order valence-corrected chi connectivity index (χ2v) is 6.06. The lowest BCUT2D eigenvalue weighted by atomic mass is 10.2. The number of benzene rings is 1. The molecule has 0 radical (unpaired) electrons. The number of carbonyl (C=O) groups excluding carboxylic acids is 1. The maximum absolute atomic E-state index is 11.7. The Hall–Kier alpha value is -2.08. The Labute approximate surface area is 128 Å². The van der Waals surface area contributed by atoms with Crippen LogP contribution in [0, 0.1) is 0 Å². The van der Waals surface area contributed by atoms with E-state index in [9.17, 15) is 4.79 Å². The van der Waals surface area contributed by atoms with Crippen LogP contribution in [0.3, 0.4) is 0 Å². The first kappa shape index (κ1) is 13.9. The van der Waals surface area contributed by atoms with Crippen LogP contribution in [0.5, 0.6) is 0 Å². The fraction of sp³-hybridized carbons (Fsp3) is 0.333. The Morgan fingerprint density at radius 3 is 3.10 bits per heavy atom. The minimum atomic E-state index is -0.0257. The van der Waals surface area contributed by atoms with E-state index < -0.39 is 0 Å². The summed E-state index contributed by atoms with van der Waals surface area (Å²) in [4.78, 5) is 19.0. The van der Waals surface area contributed by atoms with Gasteiger partial charge in [-0.05, 0) is 24.6 Å². The van der Waals surface area contributed by atoms with Crippen molar-refractivity contribution in [3.8, 4) is 0 Å². The molecule has 110 valence electrons. The number of rotatable bonds is 5. The van der Waals surface area contributed by atoms with Crippen LogP contribution in [-0.2, 0) is 13.0 Å². The Kier molecular flexibility index (Phi) is 4.06. The van der Waals surface area contributed by atoms with Crippen LogP contribution in [0.25, 0.3) is 0 Å². The topological polar surface area (TPSA) is 57.3 Å². The zero-order chi connectivity index (χ0) is 14.7. The van der Waals surface area contributed by atoms with Gasteiger partial charge in [-0.15, -0.1) is 11.3 Å². The normalized spacial score (nSPS) is 14.3. The van der Waals surface area contributed by atoms with Gasteiger partial charge in [0.1, 0.15) is 0 Å². The summed E-state index contributed by atoms with van der Waals surface area (Å²) in [5.41, 5.74) is 1.94. The molecule has 0 aliphatic carbocycles. The van der Waals surface area contributed by atoms with E-state index in [0.29, 0.717) is 6.54 Å². The second kappa shape index (κ2) is 6.13.